The van der Waals surface area contributed by atoms with E-state index in [2.05, 4.69) is 0 Å². The van der Waals surface area contributed by atoms with Gasteiger partial charge in [-0.05, 0) is 37.8 Å². The van der Waals surface area contributed by atoms with E-state index < -0.39 is 5.63 Å². The van der Waals surface area contributed by atoms with Crippen molar-refractivity contribution in [1.29, 1.82) is 0 Å². The lowest BCUT2D eigenvalue weighted by Gasteiger charge is -2.37. The summed E-state index contributed by atoms with van der Waals surface area (Å²) in [6, 6.07) is 8.79. The van der Waals surface area contributed by atoms with Crippen molar-refractivity contribution >= 4 is 16.9 Å². The summed E-state index contributed by atoms with van der Waals surface area (Å²) in [5, 5.41) is 10.1. The van der Waals surface area contributed by atoms with Gasteiger partial charge in [-0.3, -0.25) is 4.79 Å². The highest BCUT2D eigenvalue weighted by Gasteiger charge is 2.30. The van der Waals surface area contributed by atoms with E-state index in [1.54, 1.807) is 23.1 Å². The number of para-hydroxylation sites is 1. The molecular formula is C17H19NO4. The molecule has 1 aromatic carbocycles. The van der Waals surface area contributed by atoms with Gasteiger partial charge in [0.25, 0.3) is 5.91 Å². The minimum absolute atomic E-state index is 0.0566. The molecule has 2 heterocycles. The van der Waals surface area contributed by atoms with E-state index in [-0.39, 0.29) is 30.0 Å². The van der Waals surface area contributed by atoms with Crippen molar-refractivity contribution < 1.29 is 14.3 Å². The summed E-state index contributed by atoms with van der Waals surface area (Å²) in [6.45, 7) is 2.50. The number of likely N-dealkylation sites (tertiary alicyclic amines) is 1. The number of fused-ring (bicyclic) bond motifs is 1. The molecule has 1 fully saturated rings. The third-order valence-corrected chi connectivity index (χ3v) is 4.37. The van der Waals surface area contributed by atoms with Crippen LogP contribution in [-0.4, -0.2) is 35.1 Å². The number of aliphatic hydroxyl groups is 1. The molecule has 22 heavy (non-hydrogen) atoms. The first-order valence-corrected chi connectivity index (χ1v) is 7.55. The molecule has 0 radical (unpaired) electrons. The van der Waals surface area contributed by atoms with Gasteiger partial charge in [-0.15, -0.1) is 0 Å². The molecule has 1 saturated heterocycles. The molecule has 1 aromatic heterocycles. The van der Waals surface area contributed by atoms with E-state index in [4.69, 9.17) is 4.42 Å². The molecule has 0 saturated carbocycles. The first-order valence-electron chi connectivity index (χ1n) is 7.55. The topological polar surface area (TPSA) is 70.8 Å². The van der Waals surface area contributed by atoms with Crippen LogP contribution in [0.1, 0.15) is 30.1 Å². The van der Waals surface area contributed by atoms with Crippen molar-refractivity contribution in [3.05, 3.63) is 46.3 Å². The Bertz CT molecular complexity index is 752. The number of hydrogen-bond acceptors (Lipinski definition) is 4. The summed E-state index contributed by atoms with van der Waals surface area (Å²) in [5.41, 5.74) is -0.0739. The summed E-state index contributed by atoms with van der Waals surface area (Å²) >= 11 is 0. The summed E-state index contributed by atoms with van der Waals surface area (Å²) in [6.07, 6.45) is 1.73. The Morgan fingerprint density at radius 1 is 1.36 bits per heavy atom. The molecule has 5 heteroatoms. The van der Waals surface area contributed by atoms with Crippen molar-refractivity contribution in [1.82, 2.24) is 4.90 Å². The van der Waals surface area contributed by atoms with Gasteiger partial charge in [0.2, 0.25) is 0 Å². The molecule has 0 aliphatic carbocycles. The van der Waals surface area contributed by atoms with Gasteiger partial charge in [0.15, 0.2) is 0 Å². The Balaban J connectivity index is 1.97. The van der Waals surface area contributed by atoms with Gasteiger partial charge in [0.1, 0.15) is 11.1 Å². The molecule has 1 amide bonds. The smallest absolute Gasteiger partial charge is 0.349 e. The molecular weight excluding hydrogens is 282 g/mol. The minimum atomic E-state index is -0.609. The molecule has 1 N–H and O–H groups in total. The predicted molar refractivity (Wildman–Crippen MR) is 82.8 cm³/mol. The zero-order valence-corrected chi connectivity index (χ0v) is 12.5. The van der Waals surface area contributed by atoms with Crippen molar-refractivity contribution in [2.75, 3.05) is 13.2 Å². The first-order chi connectivity index (χ1) is 10.6. The van der Waals surface area contributed by atoms with E-state index in [0.29, 0.717) is 12.1 Å². The third-order valence-electron chi connectivity index (χ3n) is 4.37. The van der Waals surface area contributed by atoms with Crippen LogP contribution in [0, 0.1) is 5.92 Å². The van der Waals surface area contributed by atoms with E-state index in [1.165, 1.54) is 0 Å². The molecule has 5 nitrogen and oxygen atoms in total. The van der Waals surface area contributed by atoms with Crippen LogP contribution in [0.4, 0.5) is 0 Å². The first kappa shape index (κ1) is 14.8. The Labute approximate surface area is 128 Å². The van der Waals surface area contributed by atoms with Crippen molar-refractivity contribution in [3.63, 3.8) is 0 Å². The summed E-state index contributed by atoms with van der Waals surface area (Å²) in [4.78, 5) is 26.5. The van der Waals surface area contributed by atoms with Crippen LogP contribution in [0.15, 0.2) is 39.5 Å². The van der Waals surface area contributed by atoms with Crippen LogP contribution in [0.25, 0.3) is 11.0 Å². The number of piperidine rings is 1. The van der Waals surface area contributed by atoms with Crippen molar-refractivity contribution in [3.8, 4) is 0 Å². The highest BCUT2D eigenvalue weighted by Crippen LogP contribution is 2.23. The van der Waals surface area contributed by atoms with Crippen LogP contribution >= 0.6 is 0 Å². The quantitative estimate of drug-likeness (QED) is 0.862. The monoisotopic (exact) mass is 301 g/mol. The molecule has 2 unspecified atom stereocenters. The molecule has 0 spiro atoms. The number of benzene rings is 1. The number of carbonyl (C=O) groups excluding carboxylic acids is 1. The summed E-state index contributed by atoms with van der Waals surface area (Å²) in [7, 11) is 0. The maximum absolute atomic E-state index is 12.7. The van der Waals surface area contributed by atoms with Crippen LogP contribution in [0.2, 0.25) is 0 Å². The Kier molecular flexibility index (Phi) is 3.98. The standard InChI is InChI=1S/C17H19NO4/c1-11-6-7-12(10-19)9-18(11)16(20)14-8-13-4-2-3-5-15(13)22-17(14)21/h2-5,8,11-12,19H,6-7,9-10H2,1H3. The number of aliphatic hydroxyl groups excluding tert-OH is 1. The number of amides is 1. The number of nitrogens with zero attached hydrogens (tertiary/aromatic N) is 1. The van der Waals surface area contributed by atoms with Gasteiger partial charge in [-0.25, -0.2) is 4.79 Å². The van der Waals surface area contributed by atoms with Gasteiger partial charge < -0.3 is 14.4 Å². The average molecular weight is 301 g/mol. The van der Waals surface area contributed by atoms with Gasteiger partial charge in [0, 0.05) is 24.6 Å². The number of hydrogen-bond donors (Lipinski definition) is 1. The normalized spacial score (nSPS) is 22.0. The molecule has 2 atom stereocenters. The molecule has 2 aromatic rings. The van der Waals surface area contributed by atoms with Crippen LogP contribution in [-0.2, 0) is 0 Å². The lowest BCUT2D eigenvalue weighted by Crippen LogP contribution is -2.47. The van der Waals surface area contributed by atoms with E-state index in [0.717, 1.165) is 18.2 Å². The van der Waals surface area contributed by atoms with Gasteiger partial charge in [-0.2, -0.15) is 0 Å². The van der Waals surface area contributed by atoms with Gasteiger partial charge in [0.05, 0.1) is 0 Å². The zero-order chi connectivity index (χ0) is 15.7. The summed E-state index contributed by atoms with van der Waals surface area (Å²) < 4.78 is 5.24. The molecule has 0 bridgehead atoms. The van der Waals surface area contributed by atoms with E-state index in [9.17, 15) is 14.7 Å². The van der Waals surface area contributed by atoms with Gasteiger partial charge >= 0.3 is 5.63 Å². The van der Waals surface area contributed by atoms with E-state index in [1.807, 2.05) is 19.1 Å². The second-order valence-corrected chi connectivity index (χ2v) is 5.92. The molecule has 1 aliphatic rings. The fourth-order valence-corrected chi connectivity index (χ4v) is 2.98. The zero-order valence-electron chi connectivity index (χ0n) is 12.5. The lowest BCUT2D eigenvalue weighted by molar-refractivity contribution is 0.0485. The van der Waals surface area contributed by atoms with Gasteiger partial charge in [-0.1, -0.05) is 18.2 Å². The molecule has 1 aliphatic heterocycles. The van der Waals surface area contributed by atoms with Crippen molar-refractivity contribution in [2.45, 2.75) is 25.8 Å². The molecule has 3 rings (SSSR count). The second kappa shape index (κ2) is 5.93. The van der Waals surface area contributed by atoms with E-state index >= 15 is 0 Å². The highest BCUT2D eigenvalue weighted by atomic mass is 16.4. The maximum Gasteiger partial charge on any atom is 0.349 e. The number of rotatable bonds is 2. The Hall–Kier alpha value is -2.14. The fraction of sp³-hybridized carbons (Fsp3) is 0.412. The van der Waals surface area contributed by atoms with Crippen LogP contribution < -0.4 is 5.63 Å². The summed E-state index contributed by atoms with van der Waals surface area (Å²) in [5.74, 6) is -0.238. The van der Waals surface area contributed by atoms with Crippen LogP contribution in [0.5, 0.6) is 0 Å². The lowest BCUT2D eigenvalue weighted by atomic mass is 9.93. The largest absolute Gasteiger partial charge is 0.422 e. The predicted octanol–water partition coefficient (Wildman–Crippen LogP) is 2.03. The SMILES string of the molecule is CC1CCC(CO)CN1C(=O)c1cc2ccccc2oc1=O. The Morgan fingerprint density at radius 2 is 2.14 bits per heavy atom. The average Bonchev–Trinajstić information content (AvgIpc) is 2.54. The maximum atomic E-state index is 12.7. The minimum Gasteiger partial charge on any atom is -0.422 e. The highest BCUT2D eigenvalue weighted by molar-refractivity contribution is 5.96. The third kappa shape index (κ3) is 2.64. The fourth-order valence-electron chi connectivity index (χ4n) is 2.98. The van der Waals surface area contributed by atoms with Crippen molar-refractivity contribution in [2.24, 2.45) is 5.92 Å². The Morgan fingerprint density at radius 3 is 2.91 bits per heavy atom. The molecule has 116 valence electrons. The van der Waals surface area contributed by atoms with Crippen LogP contribution in [0.3, 0.4) is 0 Å². The number of carbonyl (C=O) groups is 1. The second-order valence-electron chi connectivity index (χ2n) is 5.92.